The van der Waals surface area contributed by atoms with E-state index in [0.717, 1.165) is 34.7 Å². The minimum atomic E-state index is -0.670. The molecule has 0 spiro atoms. The molecule has 1 heterocycles. The van der Waals surface area contributed by atoms with E-state index in [-0.39, 0.29) is 5.69 Å². The summed E-state index contributed by atoms with van der Waals surface area (Å²) in [6.45, 7) is 4.39. The van der Waals surface area contributed by atoms with Crippen LogP contribution in [0.4, 0.5) is 14.5 Å². The van der Waals surface area contributed by atoms with Gasteiger partial charge in [-0.15, -0.1) is 0 Å². The van der Waals surface area contributed by atoms with Gasteiger partial charge in [-0.3, -0.25) is 4.79 Å². The highest BCUT2D eigenvalue weighted by Gasteiger charge is 2.20. The molecular weight excluding hydrogens is 298 g/mol. The van der Waals surface area contributed by atoms with Crippen LogP contribution in [0.15, 0.2) is 42.5 Å². The molecule has 0 radical (unpaired) electrons. The Kier molecular flexibility index (Phi) is 3.86. The number of rotatable bonds is 3. The highest BCUT2D eigenvalue weighted by molar-refractivity contribution is 6.08. The van der Waals surface area contributed by atoms with Gasteiger partial charge < -0.3 is 9.88 Å². The quantitative estimate of drug-likeness (QED) is 0.759. The van der Waals surface area contributed by atoms with E-state index >= 15 is 0 Å². The molecule has 3 nitrogen and oxygen atoms in total. The number of fused-ring (bicyclic) bond motifs is 1. The number of para-hydroxylation sites is 1. The first-order chi connectivity index (χ1) is 11.0. The molecule has 0 atom stereocenters. The van der Waals surface area contributed by atoms with E-state index in [4.69, 9.17) is 0 Å². The molecule has 5 heteroatoms. The Bertz CT molecular complexity index is 899. The van der Waals surface area contributed by atoms with Gasteiger partial charge in [0.15, 0.2) is 0 Å². The van der Waals surface area contributed by atoms with Crippen LogP contribution >= 0.6 is 0 Å². The molecule has 0 unspecified atom stereocenters. The number of anilines is 1. The summed E-state index contributed by atoms with van der Waals surface area (Å²) in [5.74, 6) is -1.73. The second kappa shape index (κ2) is 5.83. The lowest BCUT2D eigenvalue weighted by Gasteiger charge is -2.10. The van der Waals surface area contributed by atoms with Crippen molar-refractivity contribution in [3.8, 4) is 0 Å². The third-order valence-electron chi connectivity index (χ3n) is 3.93. The number of aromatic nitrogens is 1. The van der Waals surface area contributed by atoms with Crippen LogP contribution in [0.1, 0.15) is 23.0 Å². The van der Waals surface area contributed by atoms with Crippen molar-refractivity contribution in [1.29, 1.82) is 0 Å². The van der Waals surface area contributed by atoms with Gasteiger partial charge in [0.1, 0.15) is 17.3 Å². The van der Waals surface area contributed by atoms with Crippen molar-refractivity contribution < 1.29 is 13.6 Å². The number of hydrogen-bond acceptors (Lipinski definition) is 1. The Hall–Kier alpha value is -2.69. The molecule has 3 rings (SSSR count). The average molecular weight is 314 g/mol. The number of benzene rings is 2. The second-order valence-electron chi connectivity index (χ2n) is 5.31. The lowest BCUT2D eigenvalue weighted by atomic mass is 10.1. The van der Waals surface area contributed by atoms with Gasteiger partial charge in [0.25, 0.3) is 5.91 Å². The minimum absolute atomic E-state index is 0.165. The summed E-state index contributed by atoms with van der Waals surface area (Å²) >= 11 is 0. The molecule has 0 saturated heterocycles. The molecule has 3 aromatic rings. The molecule has 118 valence electrons. The molecule has 0 saturated carbocycles. The molecule has 1 aromatic heterocycles. The fourth-order valence-electron chi connectivity index (χ4n) is 2.87. The van der Waals surface area contributed by atoms with E-state index in [1.165, 1.54) is 0 Å². The fourth-order valence-corrected chi connectivity index (χ4v) is 2.87. The first-order valence-corrected chi connectivity index (χ1v) is 7.37. The van der Waals surface area contributed by atoms with E-state index in [9.17, 15) is 13.6 Å². The molecular formula is C18H16F2N2O. The number of hydrogen-bond donors (Lipinski definition) is 1. The second-order valence-corrected chi connectivity index (χ2v) is 5.31. The fraction of sp³-hybridized carbons (Fsp3) is 0.167. The Morgan fingerprint density at radius 2 is 1.91 bits per heavy atom. The predicted octanol–water partition coefficient (Wildman–Crippen LogP) is 4.50. The van der Waals surface area contributed by atoms with Crippen LogP contribution in [0.5, 0.6) is 0 Å². The highest BCUT2D eigenvalue weighted by atomic mass is 19.1. The number of carbonyl (C=O) groups excluding carboxylic acids is 1. The first kappa shape index (κ1) is 15.2. The van der Waals surface area contributed by atoms with E-state index in [1.54, 1.807) is 0 Å². The van der Waals surface area contributed by atoms with Crippen molar-refractivity contribution in [3.63, 3.8) is 0 Å². The van der Waals surface area contributed by atoms with Gasteiger partial charge in [0.05, 0.1) is 5.69 Å². The zero-order chi connectivity index (χ0) is 16.6. The normalized spacial score (nSPS) is 11.0. The number of carbonyl (C=O) groups is 1. The highest BCUT2D eigenvalue weighted by Crippen LogP contribution is 2.26. The summed E-state index contributed by atoms with van der Waals surface area (Å²) in [7, 11) is 0. The number of amides is 1. The summed E-state index contributed by atoms with van der Waals surface area (Å²) in [5, 5.41) is 3.44. The Morgan fingerprint density at radius 1 is 1.17 bits per heavy atom. The minimum Gasteiger partial charge on any atom is -0.337 e. The van der Waals surface area contributed by atoms with Gasteiger partial charge >= 0.3 is 0 Å². The third-order valence-corrected chi connectivity index (χ3v) is 3.93. The maximum atomic E-state index is 13.7. The molecule has 0 aliphatic heterocycles. The smallest absolute Gasteiger partial charge is 0.272 e. The zero-order valence-corrected chi connectivity index (χ0v) is 12.9. The predicted molar refractivity (Wildman–Crippen MR) is 86.7 cm³/mol. The Labute approximate surface area is 132 Å². The van der Waals surface area contributed by atoms with Crippen molar-refractivity contribution in [2.75, 3.05) is 5.32 Å². The van der Waals surface area contributed by atoms with Crippen molar-refractivity contribution in [1.82, 2.24) is 4.57 Å². The maximum Gasteiger partial charge on any atom is 0.272 e. The van der Waals surface area contributed by atoms with Gasteiger partial charge in [-0.1, -0.05) is 18.2 Å². The van der Waals surface area contributed by atoms with Crippen LogP contribution < -0.4 is 5.32 Å². The van der Waals surface area contributed by atoms with Gasteiger partial charge in [0, 0.05) is 23.5 Å². The number of aryl methyl sites for hydroxylation is 2. The van der Waals surface area contributed by atoms with Crippen LogP contribution in [-0.2, 0) is 6.54 Å². The van der Waals surface area contributed by atoms with Crippen molar-refractivity contribution in [3.05, 3.63) is 65.4 Å². The van der Waals surface area contributed by atoms with Crippen LogP contribution in [0.2, 0.25) is 0 Å². The Morgan fingerprint density at radius 3 is 2.65 bits per heavy atom. The van der Waals surface area contributed by atoms with Crippen LogP contribution in [0, 0.1) is 18.6 Å². The van der Waals surface area contributed by atoms with Gasteiger partial charge in [0.2, 0.25) is 0 Å². The van der Waals surface area contributed by atoms with Crippen molar-refractivity contribution in [2.24, 2.45) is 0 Å². The summed E-state index contributed by atoms with van der Waals surface area (Å²) in [6.07, 6.45) is 0. The molecule has 2 aromatic carbocycles. The molecule has 1 N–H and O–H groups in total. The molecule has 0 aliphatic rings. The summed E-state index contributed by atoms with van der Waals surface area (Å²) in [5.41, 5.74) is 2.05. The molecule has 0 fully saturated rings. The van der Waals surface area contributed by atoms with Gasteiger partial charge in [-0.05, 0) is 37.6 Å². The van der Waals surface area contributed by atoms with E-state index in [0.29, 0.717) is 12.2 Å². The van der Waals surface area contributed by atoms with Crippen molar-refractivity contribution in [2.45, 2.75) is 20.4 Å². The maximum absolute atomic E-state index is 13.7. The van der Waals surface area contributed by atoms with Crippen LogP contribution in [0.3, 0.4) is 0 Å². The monoisotopic (exact) mass is 314 g/mol. The topological polar surface area (TPSA) is 34.0 Å². The molecule has 0 bridgehead atoms. The number of nitrogens with zero attached hydrogens (tertiary/aromatic N) is 1. The van der Waals surface area contributed by atoms with Gasteiger partial charge in [-0.2, -0.15) is 0 Å². The van der Waals surface area contributed by atoms with E-state index in [1.807, 2.05) is 42.7 Å². The summed E-state index contributed by atoms with van der Waals surface area (Å²) in [4.78, 5) is 12.6. The van der Waals surface area contributed by atoms with Crippen molar-refractivity contribution >= 4 is 22.5 Å². The lowest BCUT2D eigenvalue weighted by molar-refractivity contribution is 0.101. The SMILES string of the molecule is CCn1c(C(=O)Nc2cc(F)ccc2F)c(C)c2ccccc21. The zero-order valence-electron chi connectivity index (χ0n) is 12.9. The summed E-state index contributed by atoms with van der Waals surface area (Å²) < 4.78 is 28.9. The molecule has 0 aliphatic carbocycles. The first-order valence-electron chi connectivity index (χ1n) is 7.37. The largest absolute Gasteiger partial charge is 0.337 e. The van der Waals surface area contributed by atoms with Crippen LogP contribution in [0.25, 0.3) is 10.9 Å². The van der Waals surface area contributed by atoms with Crippen LogP contribution in [-0.4, -0.2) is 10.5 Å². The van der Waals surface area contributed by atoms with E-state index in [2.05, 4.69) is 5.32 Å². The number of halogens is 2. The standard InChI is InChI=1S/C18H16F2N2O/c1-3-22-16-7-5-4-6-13(16)11(2)17(22)18(23)21-15-10-12(19)8-9-14(15)20/h4-10H,3H2,1-2H3,(H,21,23). The Balaban J connectivity index is 2.07. The average Bonchev–Trinajstić information content (AvgIpc) is 2.83. The summed E-state index contributed by atoms with van der Waals surface area (Å²) in [6, 6.07) is 10.7. The van der Waals surface area contributed by atoms with Gasteiger partial charge in [-0.25, -0.2) is 8.78 Å². The third kappa shape index (κ3) is 2.59. The molecule has 1 amide bonds. The number of nitrogens with one attached hydrogen (secondary N) is 1. The lowest BCUT2D eigenvalue weighted by Crippen LogP contribution is -2.18. The van der Waals surface area contributed by atoms with E-state index < -0.39 is 17.5 Å². The molecule has 23 heavy (non-hydrogen) atoms.